The molecule has 4 atom stereocenters. The largest absolute Gasteiger partial charge is 0.497 e. The second-order valence-electron chi connectivity index (χ2n) is 8.79. The lowest BCUT2D eigenvalue weighted by Gasteiger charge is -2.23. The van der Waals surface area contributed by atoms with Crippen molar-refractivity contribution in [2.45, 2.75) is 31.5 Å². The third-order valence-corrected chi connectivity index (χ3v) is 6.61. The monoisotopic (exact) mass is 418 g/mol. The molecule has 5 rings (SSSR count). The minimum absolute atomic E-state index is 0.0876. The van der Waals surface area contributed by atoms with Crippen molar-refractivity contribution in [2.75, 3.05) is 23.9 Å². The Balaban J connectivity index is 1.39. The van der Waals surface area contributed by atoms with E-state index in [0.29, 0.717) is 18.2 Å². The number of carbonyl (C=O) groups is 2. The van der Waals surface area contributed by atoms with Gasteiger partial charge in [-0.15, -0.1) is 0 Å². The van der Waals surface area contributed by atoms with Crippen LogP contribution in [0.1, 0.15) is 25.3 Å². The normalized spacial score (nSPS) is 28.3. The van der Waals surface area contributed by atoms with Gasteiger partial charge in [0.1, 0.15) is 11.4 Å². The first kappa shape index (κ1) is 19.8. The van der Waals surface area contributed by atoms with E-state index in [4.69, 9.17) is 9.47 Å². The Labute approximate surface area is 181 Å². The van der Waals surface area contributed by atoms with E-state index < -0.39 is 17.4 Å². The molecule has 2 aromatic carbocycles. The summed E-state index contributed by atoms with van der Waals surface area (Å²) < 4.78 is 11.5. The van der Waals surface area contributed by atoms with Gasteiger partial charge >= 0.3 is 0 Å². The van der Waals surface area contributed by atoms with Gasteiger partial charge in [0.2, 0.25) is 11.8 Å². The number of nitrogens with zero attached hydrogens (tertiary/aromatic N) is 1. The van der Waals surface area contributed by atoms with E-state index in [1.54, 1.807) is 12.0 Å². The van der Waals surface area contributed by atoms with Crippen molar-refractivity contribution in [1.29, 1.82) is 0 Å². The first-order valence-electron chi connectivity index (χ1n) is 10.7. The SMILES string of the molecule is COc1cccc(N2C[C@@]34C=C[C@@H](O3)[C@H](C(=O)Nc3ccc(C(C)C)cc3)[C@@H]4C2=O)c1. The first-order chi connectivity index (χ1) is 14.9. The van der Waals surface area contributed by atoms with Gasteiger partial charge in [-0.2, -0.15) is 0 Å². The summed E-state index contributed by atoms with van der Waals surface area (Å²) in [6.07, 6.45) is 3.50. The summed E-state index contributed by atoms with van der Waals surface area (Å²) in [5.74, 6) is -0.261. The van der Waals surface area contributed by atoms with E-state index >= 15 is 0 Å². The lowest BCUT2D eigenvalue weighted by Crippen LogP contribution is -2.41. The van der Waals surface area contributed by atoms with Crippen LogP contribution < -0.4 is 15.0 Å². The molecule has 2 fully saturated rings. The molecule has 0 aliphatic carbocycles. The van der Waals surface area contributed by atoms with E-state index in [1.807, 2.05) is 60.7 Å². The molecule has 0 radical (unpaired) electrons. The molecule has 6 nitrogen and oxygen atoms in total. The average Bonchev–Trinajstić information content (AvgIpc) is 3.42. The fourth-order valence-electron chi connectivity index (χ4n) is 4.97. The molecule has 2 bridgehead atoms. The van der Waals surface area contributed by atoms with Crippen molar-refractivity contribution in [3.63, 3.8) is 0 Å². The van der Waals surface area contributed by atoms with Gasteiger partial charge in [0.15, 0.2) is 0 Å². The highest BCUT2D eigenvalue weighted by Gasteiger charge is 2.67. The van der Waals surface area contributed by atoms with Crippen LogP contribution in [0, 0.1) is 11.8 Å². The molecule has 0 unspecified atom stereocenters. The summed E-state index contributed by atoms with van der Waals surface area (Å²) in [6.45, 7) is 4.65. The number of methoxy groups -OCH3 is 1. The van der Waals surface area contributed by atoms with Gasteiger partial charge < -0.3 is 19.7 Å². The summed E-state index contributed by atoms with van der Waals surface area (Å²) >= 11 is 0. The van der Waals surface area contributed by atoms with Crippen molar-refractivity contribution in [2.24, 2.45) is 11.8 Å². The number of hydrogen-bond donors (Lipinski definition) is 1. The topological polar surface area (TPSA) is 67.9 Å². The molecule has 1 spiro atoms. The maximum absolute atomic E-state index is 13.4. The van der Waals surface area contributed by atoms with Crippen LogP contribution in [-0.2, 0) is 14.3 Å². The molecule has 3 aliphatic heterocycles. The molecule has 0 aromatic heterocycles. The van der Waals surface area contributed by atoms with Crippen LogP contribution in [0.5, 0.6) is 5.75 Å². The standard InChI is InChI=1S/C25H26N2O4/c1-15(2)16-7-9-17(10-8-16)26-23(28)21-20-11-12-25(31-20)14-27(24(29)22(21)25)18-5-4-6-19(13-18)30-3/h4-13,15,20-22H,14H2,1-3H3,(H,26,28)/t20-,21+,22-,25-/m1/s1. The zero-order valence-corrected chi connectivity index (χ0v) is 17.9. The van der Waals surface area contributed by atoms with Crippen LogP contribution in [0.3, 0.4) is 0 Å². The lowest BCUT2D eigenvalue weighted by atomic mass is 9.76. The Morgan fingerprint density at radius 2 is 2.00 bits per heavy atom. The lowest BCUT2D eigenvalue weighted by molar-refractivity contribution is -0.128. The molecule has 2 saturated heterocycles. The van der Waals surface area contributed by atoms with Crippen LogP contribution in [0.2, 0.25) is 0 Å². The number of amides is 2. The van der Waals surface area contributed by atoms with Crippen molar-refractivity contribution < 1.29 is 19.1 Å². The van der Waals surface area contributed by atoms with Gasteiger partial charge in [-0.3, -0.25) is 9.59 Å². The maximum Gasteiger partial charge on any atom is 0.234 e. The summed E-state index contributed by atoms with van der Waals surface area (Å²) in [7, 11) is 1.60. The second kappa shape index (κ2) is 7.24. The van der Waals surface area contributed by atoms with Gasteiger partial charge in [-0.25, -0.2) is 0 Å². The number of fused-ring (bicyclic) bond motifs is 1. The van der Waals surface area contributed by atoms with Crippen LogP contribution >= 0.6 is 0 Å². The van der Waals surface area contributed by atoms with E-state index in [9.17, 15) is 9.59 Å². The molecule has 3 heterocycles. The highest BCUT2D eigenvalue weighted by molar-refractivity contribution is 6.05. The summed E-state index contributed by atoms with van der Waals surface area (Å²) in [5.41, 5.74) is 1.93. The minimum Gasteiger partial charge on any atom is -0.497 e. The zero-order valence-electron chi connectivity index (χ0n) is 17.9. The predicted molar refractivity (Wildman–Crippen MR) is 118 cm³/mol. The van der Waals surface area contributed by atoms with E-state index in [1.165, 1.54) is 5.56 Å². The van der Waals surface area contributed by atoms with Crippen molar-refractivity contribution in [1.82, 2.24) is 0 Å². The third kappa shape index (κ3) is 3.13. The Kier molecular flexibility index (Phi) is 4.63. The van der Waals surface area contributed by atoms with Gasteiger partial charge in [-0.1, -0.05) is 44.2 Å². The Morgan fingerprint density at radius 3 is 2.71 bits per heavy atom. The molecule has 3 aliphatic rings. The van der Waals surface area contributed by atoms with E-state index in [0.717, 1.165) is 11.4 Å². The van der Waals surface area contributed by atoms with Crippen LogP contribution in [0.15, 0.2) is 60.7 Å². The number of benzene rings is 2. The van der Waals surface area contributed by atoms with Crippen LogP contribution in [0.25, 0.3) is 0 Å². The number of ether oxygens (including phenoxy) is 2. The van der Waals surface area contributed by atoms with Gasteiger partial charge in [0.05, 0.1) is 31.6 Å². The van der Waals surface area contributed by atoms with Gasteiger partial charge in [0, 0.05) is 17.4 Å². The molecule has 6 heteroatoms. The fourth-order valence-corrected chi connectivity index (χ4v) is 4.97. The van der Waals surface area contributed by atoms with E-state index in [-0.39, 0.29) is 17.9 Å². The number of anilines is 2. The summed E-state index contributed by atoms with van der Waals surface area (Å²) in [5, 5.41) is 2.99. The Morgan fingerprint density at radius 1 is 1.23 bits per heavy atom. The van der Waals surface area contributed by atoms with Gasteiger partial charge in [-0.05, 0) is 35.7 Å². The second-order valence-corrected chi connectivity index (χ2v) is 8.79. The Hall–Kier alpha value is -3.12. The third-order valence-electron chi connectivity index (χ3n) is 6.61. The molecule has 2 aromatic rings. The number of hydrogen-bond acceptors (Lipinski definition) is 4. The molecule has 160 valence electrons. The molecular formula is C25H26N2O4. The Bertz CT molecular complexity index is 1060. The number of nitrogens with one attached hydrogen (secondary N) is 1. The predicted octanol–water partition coefficient (Wildman–Crippen LogP) is 3.74. The average molecular weight is 418 g/mol. The van der Waals surface area contributed by atoms with Crippen LogP contribution in [-0.4, -0.2) is 37.2 Å². The molecule has 2 amide bonds. The quantitative estimate of drug-likeness (QED) is 0.751. The molecular weight excluding hydrogens is 392 g/mol. The van der Waals surface area contributed by atoms with E-state index in [2.05, 4.69) is 19.2 Å². The smallest absolute Gasteiger partial charge is 0.234 e. The number of rotatable bonds is 5. The maximum atomic E-state index is 13.4. The highest BCUT2D eigenvalue weighted by Crippen LogP contribution is 2.53. The highest BCUT2D eigenvalue weighted by atomic mass is 16.5. The van der Waals surface area contributed by atoms with Gasteiger partial charge in [0.25, 0.3) is 0 Å². The molecule has 1 N–H and O–H groups in total. The fraction of sp³-hybridized carbons (Fsp3) is 0.360. The summed E-state index contributed by atoms with van der Waals surface area (Å²) in [6, 6.07) is 15.3. The van der Waals surface area contributed by atoms with Crippen molar-refractivity contribution >= 4 is 23.2 Å². The minimum atomic E-state index is -0.756. The summed E-state index contributed by atoms with van der Waals surface area (Å²) in [4.78, 5) is 28.4. The van der Waals surface area contributed by atoms with Crippen molar-refractivity contribution in [3.05, 3.63) is 66.2 Å². The molecule has 31 heavy (non-hydrogen) atoms. The molecule has 0 saturated carbocycles. The number of carbonyl (C=O) groups excluding carboxylic acids is 2. The van der Waals surface area contributed by atoms with Crippen molar-refractivity contribution in [3.8, 4) is 5.75 Å². The zero-order chi connectivity index (χ0) is 21.8. The van der Waals surface area contributed by atoms with Crippen LogP contribution in [0.4, 0.5) is 11.4 Å². The first-order valence-corrected chi connectivity index (χ1v) is 10.7.